The highest BCUT2D eigenvalue weighted by Crippen LogP contribution is 2.47. The molecule has 5 rings (SSSR count). The maximum Gasteiger partial charge on any atom is 0.308 e. The van der Waals surface area contributed by atoms with Crippen LogP contribution in [0.25, 0.3) is 0 Å². The largest absolute Gasteiger partial charge is 0.462 e. The van der Waals surface area contributed by atoms with Gasteiger partial charge in [-0.1, -0.05) is 31.6 Å². The number of carbonyl (C=O) groups excluding carboxylic acids is 2. The molecule has 368 valence electrons. The summed E-state index contributed by atoms with van der Waals surface area (Å²) in [4.78, 5) is 29.7. The molecular formula is C46H77NO17. The number of allylic oxidation sites excluding steroid dienone is 3. The van der Waals surface area contributed by atoms with Crippen LogP contribution in [0.2, 0.25) is 0 Å². The van der Waals surface area contributed by atoms with Gasteiger partial charge in [-0.15, -0.1) is 0 Å². The first kappa shape index (κ1) is 53.0. The zero-order valence-electron chi connectivity index (χ0n) is 39.6. The number of cyclic esters (lactones) is 1. The molecule has 18 heteroatoms. The molecule has 1 aliphatic carbocycles. The summed E-state index contributed by atoms with van der Waals surface area (Å²) in [7, 11) is 6.47. The van der Waals surface area contributed by atoms with Gasteiger partial charge < -0.3 is 78.2 Å². The number of ether oxygens (including phenoxy) is 9. The molecular weight excluding hydrogens is 838 g/mol. The second-order valence-corrected chi connectivity index (χ2v) is 19.5. The third kappa shape index (κ3) is 11.6. The van der Waals surface area contributed by atoms with Crippen LogP contribution in [0.4, 0.5) is 0 Å². The summed E-state index contributed by atoms with van der Waals surface area (Å²) >= 11 is 0. The lowest BCUT2D eigenvalue weighted by Crippen LogP contribution is -2.65. The average Bonchev–Trinajstić information content (AvgIpc) is 3.54. The zero-order valence-corrected chi connectivity index (χ0v) is 39.6. The molecule has 0 spiro atoms. The maximum absolute atomic E-state index is 14.1. The Labute approximate surface area is 378 Å². The van der Waals surface area contributed by atoms with Crippen molar-refractivity contribution in [3.05, 3.63) is 23.8 Å². The van der Waals surface area contributed by atoms with Gasteiger partial charge in [0.25, 0.3) is 0 Å². The smallest absolute Gasteiger partial charge is 0.308 e. The fourth-order valence-corrected chi connectivity index (χ4v) is 10.3. The van der Waals surface area contributed by atoms with E-state index in [-0.39, 0.29) is 31.7 Å². The van der Waals surface area contributed by atoms with Gasteiger partial charge in [0.1, 0.15) is 42.7 Å². The molecule has 5 aliphatic rings. The lowest BCUT2D eigenvalue weighted by molar-refractivity contribution is -0.341. The predicted molar refractivity (Wildman–Crippen MR) is 229 cm³/mol. The van der Waals surface area contributed by atoms with Crippen LogP contribution in [-0.4, -0.2) is 192 Å². The third-order valence-corrected chi connectivity index (χ3v) is 14.4. The van der Waals surface area contributed by atoms with Crippen molar-refractivity contribution < 1.29 is 82.9 Å². The summed E-state index contributed by atoms with van der Waals surface area (Å²) in [6.45, 7) is 13.7. The van der Waals surface area contributed by atoms with E-state index < -0.39 is 145 Å². The van der Waals surface area contributed by atoms with Crippen molar-refractivity contribution in [1.82, 2.24) is 4.90 Å². The summed E-state index contributed by atoms with van der Waals surface area (Å²) in [6, 6.07) is -0.724. The summed E-state index contributed by atoms with van der Waals surface area (Å²) < 4.78 is 54.8. The zero-order chi connectivity index (χ0) is 47.6. The average molecular weight is 916 g/mol. The van der Waals surface area contributed by atoms with Gasteiger partial charge >= 0.3 is 5.97 Å². The second-order valence-electron chi connectivity index (χ2n) is 19.5. The summed E-state index contributed by atoms with van der Waals surface area (Å²) in [5.41, 5.74) is -2.05. The number of esters is 1. The lowest BCUT2D eigenvalue weighted by atomic mass is 9.79. The highest BCUT2D eigenvalue weighted by atomic mass is 16.7. The Bertz CT molecular complexity index is 1610. The Kier molecular flexibility index (Phi) is 18.2. The Hall–Kier alpha value is -1.98. The molecule has 0 radical (unpaired) electrons. The van der Waals surface area contributed by atoms with Gasteiger partial charge in [0.2, 0.25) is 0 Å². The Morgan fingerprint density at radius 2 is 1.47 bits per heavy atom. The van der Waals surface area contributed by atoms with Crippen LogP contribution in [0.3, 0.4) is 0 Å². The van der Waals surface area contributed by atoms with Gasteiger partial charge in [0, 0.05) is 32.5 Å². The summed E-state index contributed by atoms with van der Waals surface area (Å²) in [6.07, 6.45) is -9.81. The minimum Gasteiger partial charge on any atom is -0.462 e. The lowest BCUT2D eigenvalue weighted by Gasteiger charge is -2.50. The number of hydrogen-bond donors (Lipinski definition) is 6. The molecule has 22 atom stereocenters. The second kappa shape index (κ2) is 22.0. The van der Waals surface area contributed by atoms with Crippen molar-refractivity contribution in [1.29, 1.82) is 0 Å². The van der Waals surface area contributed by atoms with Crippen LogP contribution in [-0.2, 0) is 52.2 Å². The van der Waals surface area contributed by atoms with E-state index in [1.807, 2.05) is 13.0 Å². The van der Waals surface area contributed by atoms with Crippen molar-refractivity contribution in [3.8, 4) is 0 Å². The Balaban J connectivity index is 1.40. The first-order valence-electron chi connectivity index (χ1n) is 22.8. The number of aliphatic hydroxyl groups excluding tert-OH is 5. The summed E-state index contributed by atoms with van der Waals surface area (Å²) in [5, 5.41) is 67.5. The van der Waals surface area contributed by atoms with E-state index in [9.17, 15) is 40.2 Å². The number of aliphatic hydroxyl groups is 6. The number of rotatable bonds is 11. The summed E-state index contributed by atoms with van der Waals surface area (Å²) in [5.74, 6) is -2.85. The van der Waals surface area contributed by atoms with Crippen LogP contribution in [0.15, 0.2) is 23.8 Å². The first-order valence-corrected chi connectivity index (χ1v) is 22.8. The molecule has 3 saturated heterocycles. The number of hydrogen-bond acceptors (Lipinski definition) is 18. The van der Waals surface area contributed by atoms with E-state index >= 15 is 0 Å². The quantitative estimate of drug-likeness (QED) is 0.161. The number of fused-ring (bicyclic) bond motifs is 2. The normalized spacial score (nSPS) is 47.7. The number of ketones is 1. The van der Waals surface area contributed by atoms with Crippen molar-refractivity contribution >= 4 is 11.8 Å². The topological polar surface area (TPSA) is 242 Å². The van der Waals surface area contributed by atoms with Crippen LogP contribution >= 0.6 is 0 Å². The van der Waals surface area contributed by atoms with Crippen molar-refractivity contribution in [3.63, 3.8) is 0 Å². The molecule has 22 unspecified atom stereocenters. The monoisotopic (exact) mass is 916 g/mol. The van der Waals surface area contributed by atoms with Crippen LogP contribution in [0.1, 0.15) is 87.5 Å². The minimum absolute atomic E-state index is 0.0135. The van der Waals surface area contributed by atoms with Gasteiger partial charge in [0.05, 0.1) is 66.7 Å². The molecule has 0 aromatic heterocycles. The minimum atomic E-state index is -1.48. The molecule has 4 aliphatic heterocycles. The van der Waals surface area contributed by atoms with Crippen molar-refractivity contribution in [2.24, 2.45) is 23.2 Å². The fourth-order valence-electron chi connectivity index (χ4n) is 10.3. The molecule has 64 heavy (non-hydrogen) atoms. The van der Waals surface area contributed by atoms with E-state index in [1.165, 1.54) is 27.2 Å². The van der Waals surface area contributed by atoms with E-state index in [2.05, 4.69) is 0 Å². The molecule has 0 aromatic rings. The molecule has 4 fully saturated rings. The van der Waals surface area contributed by atoms with E-state index in [0.717, 1.165) is 0 Å². The molecule has 0 aromatic carbocycles. The van der Waals surface area contributed by atoms with Gasteiger partial charge in [-0.2, -0.15) is 0 Å². The number of methoxy groups -OCH3 is 2. The number of carbonyl (C=O) groups is 2. The highest BCUT2D eigenvalue weighted by molar-refractivity contribution is 5.95. The van der Waals surface area contributed by atoms with Gasteiger partial charge in [-0.05, 0) is 86.9 Å². The van der Waals surface area contributed by atoms with Crippen molar-refractivity contribution in [2.45, 2.75) is 197 Å². The van der Waals surface area contributed by atoms with Crippen LogP contribution < -0.4 is 0 Å². The van der Waals surface area contributed by atoms with E-state index in [4.69, 9.17) is 42.6 Å². The van der Waals surface area contributed by atoms with E-state index in [1.54, 1.807) is 66.6 Å². The van der Waals surface area contributed by atoms with Crippen molar-refractivity contribution in [2.75, 3.05) is 34.9 Å². The molecule has 18 nitrogen and oxygen atoms in total. The molecule has 1 saturated carbocycles. The molecule has 2 bridgehead atoms. The van der Waals surface area contributed by atoms with Crippen LogP contribution in [0.5, 0.6) is 0 Å². The van der Waals surface area contributed by atoms with E-state index in [0.29, 0.717) is 12.0 Å². The van der Waals surface area contributed by atoms with Gasteiger partial charge in [0.15, 0.2) is 24.7 Å². The highest BCUT2D eigenvalue weighted by Gasteiger charge is 2.55. The van der Waals surface area contributed by atoms with Gasteiger partial charge in [-0.3, -0.25) is 9.59 Å². The predicted octanol–water partition coefficient (Wildman–Crippen LogP) is 1.38. The molecule has 0 amide bonds. The Morgan fingerprint density at radius 3 is 2.08 bits per heavy atom. The molecule has 4 heterocycles. The SMILES string of the molecule is CCC1OC(=O)CC(O)C(C)C(OC2OC(C)C(OC3CC(C)(O)C(O)C(C)O3)C(N(C)C)C2O)C2CC(O)C(C)(C2)C(=O)C=CC(C)=CC1COC1OC(C)C(O)C(OC)C1OC. The number of likely N-dealkylation sites (N-methyl/N-ethyl adjacent to an activating group) is 1. The van der Waals surface area contributed by atoms with Gasteiger partial charge in [-0.25, -0.2) is 0 Å². The number of nitrogens with zero attached hydrogens (tertiary/aromatic N) is 1. The maximum atomic E-state index is 14.1. The third-order valence-electron chi connectivity index (χ3n) is 14.4. The fraction of sp³-hybridized carbons (Fsp3) is 0.870. The first-order chi connectivity index (χ1) is 30.0. The standard InChI is InChI=1S/C46H77NO17/c1-13-30-28(21-58-44-41(57-12)40(56-11)36(52)24(4)60-44)16-22(2)14-15-31(49)45(7)19-27(17-32(45)50)38(23(3)29(48)18-33(51)62-30)64-43-37(53)35(47(9)10)39(25(5)61-43)63-34-20-46(8,55)42(54)26(6)59-34/h14-16,23-30,32,34-44,48,50,52-55H,13,17-21H2,1-12H3. The molecule has 6 N–H and O–H groups in total. The van der Waals surface area contributed by atoms with Crippen LogP contribution in [0, 0.1) is 23.2 Å². The Morgan fingerprint density at radius 1 is 0.812 bits per heavy atom.